The van der Waals surface area contributed by atoms with Crippen molar-refractivity contribution in [3.63, 3.8) is 0 Å². The van der Waals surface area contributed by atoms with Crippen molar-refractivity contribution in [2.75, 3.05) is 42.3 Å². The van der Waals surface area contributed by atoms with Crippen LogP contribution in [0.5, 0.6) is 0 Å². The van der Waals surface area contributed by atoms with Gasteiger partial charge in [0.05, 0.1) is 48.7 Å². The molecular weight excluding hydrogens is 220 g/mol. The van der Waals surface area contributed by atoms with E-state index in [1.807, 2.05) is 21.1 Å². The fraction of sp³-hybridized carbons (Fsp3) is 0.833. The highest BCUT2D eigenvalue weighted by Gasteiger charge is 2.46. The lowest BCUT2D eigenvalue weighted by molar-refractivity contribution is -0.912. The number of aliphatic carboxylic acids is 1. The molecular formula is C12H26N2O3+2. The Balaban J connectivity index is 4.84. The van der Waals surface area contributed by atoms with Crippen LogP contribution in [0.4, 0.5) is 0 Å². The first-order valence-electron chi connectivity index (χ1n) is 5.72. The summed E-state index contributed by atoms with van der Waals surface area (Å²) in [4.78, 5) is 23.2. The van der Waals surface area contributed by atoms with Gasteiger partial charge in [-0.25, -0.2) is 9.59 Å². The number of quaternary nitrogens is 2. The molecule has 0 radical (unpaired) electrons. The van der Waals surface area contributed by atoms with Gasteiger partial charge in [0.25, 0.3) is 0 Å². The van der Waals surface area contributed by atoms with E-state index in [0.29, 0.717) is 10.9 Å². The largest absolute Gasteiger partial charge is 0.477 e. The van der Waals surface area contributed by atoms with Gasteiger partial charge in [-0.05, 0) is 0 Å². The van der Waals surface area contributed by atoms with E-state index in [9.17, 15) is 14.7 Å². The molecule has 1 amide bonds. The maximum atomic E-state index is 11.8. The molecule has 17 heavy (non-hydrogen) atoms. The summed E-state index contributed by atoms with van der Waals surface area (Å²) in [6, 6.07) is 0. The molecule has 0 fully saturated rings. The summed E-state index contributed by atoms with van der Waals surface area (Å²) < 4.78 is 0.527. The predicted molar refractivity (Wildman–Crippen MR) is 66.3 cm³/mol. The summed E-state index contributed by atoms with van der Waals surface area (Å²) in [5.74, 6) is -0.815. The van der Waals surface area contributed by atoms with E-state index in [-0.39, 0.29) is 16.8 Å². The third kappa shape index (κ3) is 3.78. The molecule has 1 unspecified atom stereocenters. The number of hydrogen-bond acceptors (Lipinski definition) is 2. The molecule has 0 saturated heterocycles. The third-order valence-electron chi connectivity index (χ3n) is 3.52. The first-order chi connectivity index (χ1) is 7.32. The van der Waals surface area contributed by atoms with Gasteiger partial charge < -0.3 is 9.59 Å². The average Bonchev–Trinajstić information content (AvgIpc) is 2.09. The minimum atomic E-state index is -0.940. The summed E-state index contributed by atoms with van der Waals surface area (Å²) in [5.41, 5.74) is -0.940. The van der Waals surface area contributed by atoms with Gasteiger partial charge in [-0.2, -0.15) is 0 Å². The van der Waals surface area contributed by atoms with Gasteiger partial charge in [-0.15, -0.1) is 0 Å². The Kier molecular flexibility index (Phi) is 4.48. The van der Waals surface area contributed by atoms with E-state index in [2.05, 4.69) is 0 Å². The standard InChI is InChI=1S/C12H25N2O3/c1-12(11(16)17,14(5,6)7)9-8-10(15)13(2,3)4/h8-9H2,1-7H3/q+1/p+1. The van der Waals surface area contributed by atoms with Gasteiger partial charge in [0.15, 0.2) is 5.54 Å². The number of nitrogens with zero attached hydrogens (tertiary/aromatic N) is 2. The number of carbonyl (C=O) groups is 2. The van der Waals surface area contributed by atoms with Gasteiger partial charge in [-0.3, -0.25) is 4.48 Å². The summed E-state index contributed by atoms with van der Waals surface area (Å²) in [6.45, 7) is 1.69. The van der Waals surface area contributed by atoms with Crippen LogP contribution in [-0.4, -0.2) is 73.8 Å². The number of carboxylic acids is 1. The van der Waals surface area contributed by atoms with Gasteiger partial charge >= 0.3 is 11.9 Å². The van der Waals surface area contributed by atoms with Crippen molar-refractivity contribution >= 4 is 11.9 Å². The van der Waals surface area contributed by atoms with Gasteiger partial charge in [-0.1, -0.05) is 0 Å². The zero-order valence-electron chi connectivity index (χ0n) is 12.1. The minimum Gasteiger partial charge on any atom is -0.477 e. The van der Waals surface area contributed by atoms with Crippen LogP contribution in [0.15, 0.2) is 0 Å². The number of carboxylic acid groups (broad SMARTS) is 1. The van der Waals surface area contributed by atoms with E-state index in [1.165, 1.54) is 0 Å². The molecule has 1 atom stereocenters. The zero-order chi connectivity index (χ0) is 14.1. The molecule has 0 rings (SSSR count). The highest BCUT2D eigenvalue weighted by atomic mass is 16.4. The number of amides is 1. The second kappa shape index (κ2) is 4.74. The first kappa shape index (κ1) is 16.1. The Bertz CT molecular complexity index is 313. The van der Waals surface area contributed by atoms with Crippen molar-refractivity contribution in [3.05, 3.63) is 0 Å². The molecule has 0 saturated carbocycles. The molecule has 5 heteroatoms. The molecule has 100 valence electrons. The van der Waals surface area contributed by atoms with Crippen LogP contribution in [0.3, 0.4) is 0 Å². The monoisotopic (exact) mass is 246 g/mol. The topological polar surface area (TPSA) is 54.4 Å². The molecule has 0 aromatic rings. The lowest BCUT2D eigenvalue weighted by atomic mass is 9.92. The number of hydrogen-bond donors (Lipinski definition) is 1. The molecule has 0 heterocycles. The number of carbonyl (C=O) groups excluding carboxylic acids is 1. The van der Waals surface area contributed by atoms with Crippen LogP contribution in [-0.2, 0) is 9.59 Å². The van der Waals surface area contributed by atoms with Crippen molar-refractivity contribution in [2.24, 2.45) is 0 Å². The lowest BCUT2D eigenvalue weighted by Crippen LogP contribution is -2.60. The minimum absolute atomic E-state index is 0.0472. The Hall–Kier alpha value is -0.940. The van der Waals surface area contributed by atoms with E-state index >= 15 is 0 Å². The maximum Gasteiger partial charge on any atom is 0.365 e. The van der Waals surface area contributed by atoms with Crippen LogP contribution in [0.1, 0.15) is 19.8 Å². The summed E-state index contributed by atoms with van der Waals surface area (Å²) in [7, 11) is 10.9. The van der Waals surface area contributed by atoms with Crippen LogP contribution >= 0.6 is 0 Å². The fourth-order valence-corrected chi connectivity index (χ4v) is 1.42. The SMILES string of the molecule is CC(CCC(=O)[N+](C)(C)C)(C(=O)O)[N+](C)(C)C. The van der Waals surface area contributed by atoms with E-state index < -0.39 is 11.5 Å². The van der Waals surface area contributed by atoms with Crippen molar-refractivity contribution < 1.29 is 23.7 Å². The first-order valence-corrected chi connectivity index (χ1v) is 5.72. The van der Waals surface area contributed by atoms with Crippen LogP contribution < -0.4 is 0 Å². The maximum absolute atomic E-state index is 11.8. The van der Waals surface area contributed by atoms with Crippen LogP contribution in [0.25, 0.3) is 0 Å². The second-order valence-corrected chi connectivity index (χ2v) is 6.50. The Labute approximate surface area is 104 Å². The van der Waals surface area contributed by atoms with Gasteiger partial charge in [0, 0.05) is 13.3 Å². The summed E-state index contributed by atoms with van der Waals surface area (Å²) in [5, 5.41) is 9.35. The van der Waals surface area contributed by atoms with Crippen molar-refractivity contribution in [3.8, 4) is 0 Å². The Morgan fingerprint density at radius 3 is 1.71 bits per heavy atom. The number of rotatable bonds is 5. The van der Waals surface area contributed by atoms with E-state index in [4.69, 9.17) is 0 Å². The average molecular weight is 246 g/mol. The zero-order valence-corrected chi connectivity index (χ0v) is 12.1. The van der Waals surface area contributed by atoms with E-state index in [0.717, 1.165) is 0 Å². The molecule has 1 N–H and O–H groups in total. The lowest BCUT2D eigenvalue weighted by Gasteiger charge is -2.40. The molecule has 0 aliphatic carbocycles. The molecule has 0 aromatic carbocycles. The highest BCUT2D eigenvalue weighted by molar-refractivity contribution is 5.78. The van der Waals surface area contributed by atoms with Gasteiger partial charge in [0.1, 0.15) is 0 Å². The van der Waals surface area contributed by atoms with Crippen molar-refractivity contribution in [1.29, 1.82) is 0 Å². The molecule has 0 spiro atoms. The molecule has 0 aromatic heterocycles. The quantitative estimate of drug-likeness (QED) is 0.721. The Morgan fingerprint density at radius 1 is 1.06 bits per heavy atom. The molecule has 0 aliphatic rings. The summed E-state index contributed by atoms with van der Waals surface area (Å²) in [6.07, 6.45) is 0.627. The Morgan fingerprint density at radius 2 is 1.47 bits per heavy atom. The molecule has 0 bridgehead atoms. The predicted octanol–water partition coefficient (Wildman–Crippen LogP) is 0.549. The van der Waals surface area contributed by atoms with Crippen molar-refractivity contribution in [2.45, 2.75) is 25.3 Å². The highest BCUT2D eigenvalue weighted by Crippen LogP contribution is 2.25. The normalized spacial score (nSPS) is 16.4. The van der Waals surface area contributed by atoms with E-state index in [1.54, 1.807) is 28.1 Å². The van der Waals surface area contributed by atoms with Crippen LogP contribution in [0, 0.1) is 0 Å². The molecule has 5 nitrogen and oxygen atoms in total. The number of likely N-dealkylation sites (N-methyl/N-ethyl adjacent to an activating group) is 1. The summed E-state index contributed by atoms with van der Waals surface area (Å²) >= 11 is 0. The second-order valence-electron chi connectivity index (χ2n) is 6.50. The molecule has 0 aliphatic heterocycles. The van der Waals surface area contributed by atoms with Crippen LogP contribution in [0.2, 0.25) is 0 Å². The van der Waals surface area contributed by atoms with Gasteiger partial charge in [0.2, 0.25) is 0 Å². The third-order valence-corrected chi connectivity index (χ3v) is 3.52. The van der Waals surface area contributed by atoms with Crippen molar-refractivity contribution in [1.82, 2.24) is 0 Å². The fourth-order valence-electron chi connectivity index (χ4n) is 1.42. The smallest absolute Gasteiger partial charge is 0.365 e.